The third-order valence-electron chi connectivity index (χ3n) is 9.17. The first-order chi connectivity index (χ1) is 22.2. The van der Waals surface area contributed by atoms with Gasteiger partial charge in [0.05, 0.1) is 12.7 Å². The fourth-order valence-electron chi connectivity index (χ4n) is 5.90. The Kier molecular flexibility index (Phi) is 39.0. The Balaban J connectivity index is 3.61. The Morgan fingerprint density at radius 2 is 0.800 bits per heavy atom. The van der Waals surface area contributed by atoms with Gasteiger partial charge >= 0.3 is 0 Å². The molecule has 1 atom stereocenters. The Morgan fingerprint density at radius 3 is 1.20 bits per heavy atom. The molecule has 1 unspecified atom stereocenters. The predicted molar refractivity (Wildman–Crippen MR) is 203 cm³/mol. The van der Waals surface area contributed by atoms with E-state index in [-0.39, 0.29) is 6.10 Å². The molecular formula is C42H83NO2. The van der Waals surface area contributed by atoms with Gasteiger partial charge in [0.15, 0.2) is 0 Å². The van der Waals surface area contributed by atoms with Crippen LogP contribution < -0.4 is 0 Å². The molecule has 0 aromatic carbocycles. The topological polar surface area (TPSA) is 21.7 Å². The molecule has 0 saturated carbocycles. The molecule has 0 aliphatic heterocycles. The molecule has 0 aliphatic carbocycles. The van der Waals surface area contributed by atoms with Crippen molar-refractivity contribution in [3.63, 3.8) is 0 Å². The van der Waals surface area contributed by atoms with Gasteiger partial charge in [0, 0.05) is 19.8 Å². The number of allylic oxidation sites excluding steroid dienone is 4. The van der Waals surface area contributed by atoms with Gasteiger partial charge < -0.3 is 14.4 Å². The molecule has 268 valence electrons. The maximum atomic E-state index is 6.29. The van der Waals surface area contributed by atoms with Gasteiger partial charge in [0.1, 0.15) is 0 Å². The Morgan fingerprint density at radius 1 is 0.444 bits per heavy atom. The lowest BCUT2D eigenvalue weighted by Gasteiger charge is -2.23. The van der Waals surface area contributed by atoms with Crippen LogP contribution in [0.4, 0.5) is 0 Å². The summed E-state index contributed by atoms with van der Waals surface area (Å²) in [5, 5.41) is 0. The molecule has 0 bridgehead atoms. The van der Waals surface area contributed by atoms with Crippen LogP contribution in [0.25, 0.3) is 0 Å². The van der Waals surface area contributed by atoms with Crippen molar-refractivity contribution in [1.29, 1.82) is 0 Å². The van der Waals surface area contributed by atoms with Crippen molar-refractivity contribution in [3.8, 4) is 0 Å². The fourth-order valence-corrected chi connectivity index (χ4v) is 5.90. The van der Waals surface area contributed by atoms with Gasteiger partial charge in [-0.3, -0.25) is 0 Å². The van der Waals surface area contributed by atoms with Crippen LogP contribution >= 0.6 is 0 Å². The highest BCUT2D eigenvalue weighted by molar-refractivity contribution is 4.82. The Bertz CT molecular complexity index is 589. The lowest BCUT2D eigenvalue weighted by molar-refractivity contribution is -0.0308. The zero-order valence-electron chi connectivity index (χ0n) is 31.5. The average molecular weight is 634 g/mol. The highest BCUT2D eigenvalue weighted by Crippen LogP contribution is 2.12. The summed E-state index contributed by atoms with van der Waals surface area (Å²) >= 11 is 0. The van der Waals surface area contributed by atoms with Crippen LogP contribution in [0.2, 0.25) is 0 Å². The zero-order chi connectivity index (χ0) is 32.7. The normalized spacial score (nSPS) is 12.8. The summed E-state index contributed by atoms with van der Waals surface area (Å²) in [6.45, 7) is 11.3. The largest absolute Gasteiger partial charge is 0.379 e. The number of ether oxygens (including phenoxy) is 2. The molecule has 0 fully saturated rings. The third kappa shape index (κ3) is 37.7. The molecule has 0 aromatic rings. The van der Waals surface area contributed by atoms with E-state index < -0.39 is 0 Å². The van der Waals surface area contributed by atoms with E-state index in [1.54, 1.807) is 0 Å². The summed E-state index contributed by atoms with van der Waals surface area (Å²) in [4.78, 5) is 2.35. The summed E-state index contributed by atoms with van der Waals surface area (Å²) in [5.41, 5.74) is 0. The quantitative estimate of drug-likeness (QED) is 0.0499. The second kappa shape index (κ2) is 39.5. The molecule has 3 nitrogen and oxygen atoms in total. The molecule has 0 heterocycles. The number of nitrogens with zero attached hydrogens (tertiary/aromatic N) is 1. The molecule has 0 rings (SSSR count). The van der Waals surface area contributed by atoms with E-state index in [1.165, 1.54) is 180 Å². The number of hydrogen-bond donors (Lipinski definition) is 0. The summed E-state index contributed by atoms with van der Waals surface area (Å²) in [5.74, 6) is 0. The molecule has 45 heavy (non-hydrogen) atoms. The first kappa shape index (κ1) is 44.4. The van der Waals surface area contributed by atoms with Crippen LogP contribution in [0.3, 0.4) is 0 Å². The predicted octanol–water partition coefficient (Wildman–Crippen LogP) is 13.4. The van der Waals surface area contributed by atoms with Crippen LogP contribution in [0.15, 0.2) is 24.3 Å². The van der Waals surface area contributed by atoms with E-state index in [9.17, 15) is 0 Å². The Labute approximate surface area is 284 Å². The lowest BCUT2D eigenvalue weighted by Crippen LogP contribution is -2.34. The monoisotopic (exact) mass is 634 g/mol. The van der Waals surface area contributed by atoms with Crippen molar-refractivity contribution >= 4 is 0 Å². The van der Waals surface area contributed by atoms with E-state index in [0.717, 1.165) is 32.9 Å². The fraction of sp³-hybridized carbons (Fsp3) is 0.905. The molecule has 0 spiro atoms. The Hall–Kier alpha value is -0.640. The highest BCUT2D eigenvalue weighted by Gasteiger charge is 2.12. The van der Waals surface area contributed by atoms with E-state index >= 15 is 0 Å². The van der Waals surface area contributed by atoms with Gasteiger partial charge in [-0.2, -0.15) is 0 Å². The van der Waals surface area contributed by atoms with E-state index in [4.69, 9.17) is 9.47 Å². The van der Waals surface area contributed by atoms with Crippen molar-refractivity contribution in [2.24, 2.45) is 0 Å². The van der Waals surface area contributed by atoms with Gasteiger partial charge in [0.2, 0.25) is 0 Å². The summed E-state index contributed by atoms with van der Waals surface area (Å²) in [6.07, 6.45) is 47.6. The first-order valence-electron chi connectivity index (χ1n) is 20.4. The molecule has 0 N–H and O–H groups in total. The van der Waals surface area contributed by atoms with Crippen LogP contribution in [0.1, 0.15) is 201 Å². The van der Waals surface area contributed by atoms with Gasteiger partial charge in [-0.25, -0.2) is 0 Å². The van der Waals surface area contributed by atoms with Crippen molar-refractivity contribution in [2.75, 3.05) is 40.0 Å². The lowest BCUT2D eigenvalue weighted by atomic mass is 10.1. The molecule has 0 saturated heterocycles. The summed E-state index contributed by atoms with van der Waals surface area (Å²) < 4.78 is 12.4. The highest BCUT2D eigenvalue weighted by atomic mass is 16.5. The molecule has 0 aromatic heterocycles. The van der Waals surface area contributed by atoms with Crippen LogP contribution in [0, 0.1) is 0 Å². The van der Waals surface area contributed by atoms with Gasteiger partial charge in [-0.05, 0) is 77.8 Å². The van der Waals surface area contributed by atoms with E-state index in [2.05, 4.69) is 57.0 Å². The van der Waals surface area contributed by atoms with Gasteiger partial charge in [0.25, 0.3) is 0 Å². The van der Waals surface area contributed by atoms with E-state index in [0.29, 0.717) is 0 Å². The van der Waals surface area contributed by atoms with Crippen molar-refractivity contribution in [3.05, 3.63) is 24.3 Å². The van der Waals surface area contributed by atoms with Gasteiger partial charge in [-0.1, -0.05) is 161 Å². The van der Waals surface area contributed by atoms with Crippen LogP contribution in [-0.2, 0) is 9.47 Å². The van der Waals surface area contributed by atoms with E-state index in [1.807, 2.05) is 0 Å². The maximum Gasteiger partial charge on any atom is 0.0934 e. The molecule has 3 heteroatoms. The molecular weight excluding hydrogens is 550 g/mol. The van der Waals surface area contributed by atoms with Gasteiger partial charge in [-0.15, -0.1) is 0 Å². The minimum absolute atomic E-state index is 0.201. The van der Waals surface area contributed by atoms with Crippen LogP contribution in [-0.4, -0.2) is 51.0 Å². The van der Waals surface area contributed by atoms with Crippen LogP contribution in [0.5, 0.6) is 0 Å². The number of rotatable bonds is 38. The zero-order valence-corrected chi connectivity index (χ0v) is 31.5. The second-order valence-corrected chi connectivity index (χ2v) is 13.8. The second-order valence-electron chi connectivity index (χ2n) is 13.8. The SMILES string of the molecule is CCCCCCCCC=CCCCCCCCCOCC(CN(C)CC)OCCCCCCCCC=CCCCCCCCC. The summed E-state index contributed by atoms with van der Waals surface area (Å²) in [6, 6.07) is 0. The number of unbranched alkanes of at least 4 members (excludes halogenated alkanes) is 24. The smallest absolute Gasteiger partial charge is 0.0934 e. The number of likely N-dealkylation sites (N-methyl/N-ethyl adjacent to an activating group) is 1. The summed E-state index contributed by atoms with van der Waals surface area (Å²) in [7, 11) is 2.19. The minimum Gasteiger partial charge on any atom is -0.379 e. The maximum absolute atomic E-state index is 6.29. The van der Waals surface area contributed by atoms with Crippen molar-refractivity contribution in [1.82, 2.24) is 4.90 Å². The molecule has 0 amide bonds. The third-order valence-corrected chi connectivity index (χ3v) is 9.17. The average Bonchev–Trinajstić information content (AvgIpc) is 3.05. The standard InChI is InChI=1S/C42H83NO2/c1-5-8-10-12-14-16-18-20-22-24-26-28-30-32-34-36-38-44-41-42(40-43(4)7-3)45-39-37-35-33-31-29-27-25-23-21-19-17-15-13-11-9-6-2/h20-23,42H,5-19,24-41H2,1-4H3. The number of hydrogen-bond acceptors (Lipinski definition) is 3. The van der Waals surface area contributed by atoms with Crippen molar-refractivity contribution < 1.29 is 9.47 Å². The molecule has 0 radical (unpaired) electrons. The van der Waals surface area contributed by atoms with Crippen molar-refractivity contribution in [2.45, 2.75) is 207 Å². The minimum atomic E-state index is 0.201. The first-order valence-corrected chi connectivity index (χ1v) is 20.4. The molecule has 0 aliphatic rings.